The largest absolute Gasteiger partial charge is 0.302 e. The van der Waals surface area contributed by atoms with Gasteiger partial charge in [0, 0.05) is 30.2 Å². The van der Waals surface area contributed by atoms with E-state index < -0.39 is 4.92 Å². The van der Waals surface area contributed by atoms with Crippen molar-refractivity contribution in [2.24, 2.45) is 0 Å². The summed E-state index contributed by atoms with van der Waals surface area (Å²) >= 11 is 6.14. The maximum Gasteiger partial charge on any atom is 0.269 e. The van der Waals surface area contributed by atoms with Crippen molar-refractivity contribution in [2.75, 3.05) is 20.1 Å². The topological polar surface area (TPSA) is 83.8 Å². The number of imide groups is 1. The van der Waals surface area contributed by atoms with Crippen LogP contribution in [0.5, 0.6) is 0 Å². The van der Waals surface area contributed by atoms with Crippen molar-refractivity contribution >= 4 is 29.1 Å². The molecular weight excluding hydrogens is 382 g/mol. The van der Waals surface area contributed by atoms with Crippen molar-refractivity contribution in [1.82, 2.24) is 9.80 Å². The van der Waals surface area contributed by atoms with Gasteiger partial charge in [0.15, 0.2) is 0 Å². The normalized spacial score (nSPS) is 13.3. The molecule has 0 aliphatic carbocycles. The van der Waals surface area contributed by atoms with Gasteiger partial charge >= 0.3 is 0 Å². The van der Waals surface area contributed by atoms with Gasteiger partial charge in [-0.1, -0.05) is 23.7 Å². The molecule has 0 unspecified atom stereocenters. The highest BCUT2D eigenvalue weighted by Gasteiger charge is 2.34. The van der Waals surface area contributed by atoms with Gasteiger partial charge in [-0.2, -0.15) is 0 Å². The van der Waals surface area contributed by atoms with E-state index in [4.69, 9.17) is 11.6 Å². The van der Waals surface area contributed by atoms with Gasteiger partial charge in [-0.15, -0.1) is 0 Å². The molecule has 0 N–H and O–H groups in total. The van der Waals surface area contributed by atoms with Gasteiger partial charge < -0.3 is 4.90 Å². The van der Waals surface area contributed by atoms with Crippen molar-refractivity contribution in [3.63, 3.8) is 0 Å². The number of nitro benzene ring substituents is 1. The third-order valence-electron chi connectivity index (χ3n) is 4.73. The smallest absolute Gasteiger partial charge is 0.269 e. The van der Waals surface area contributed by atoms with Gasteiger partial charge in [-0.3, -0.25) is 24.6 Å². The lowest BCUT2D eigenvalue weighted by molar-refractivity contribution is -0.384. The fraction of sp³-hybridized carbons (Fsp3) is 0.300. The highest BCUT2D eigenvalue weighted by atomic mass is 35.5. The van der Waals surface area contributed by atoms with E-state index in [0.29, 0.717) is 47.8 Å². The predicted molar refractivity (Wildman–Crippen MR) is 105 cm³/mol. The summed E-state index contributed by atoms with van der Waals surface area (Å²) in [5.41, 5.74) is 1.63. The van der Waals surface area contributed by atoms with Crippen molar-refractivity contribution in [3.8, 4) is 0 Å². The molecule has 0 aromatic heterocycles. The summed E-state index contributed by atoms with van der Waals surface area (Å²) in [6.07, 6.45) is 1.45. The molecule has 0 atom stereocenters. The molecule has 1 aliphatic rings. The molecule has 0 bridgehead atoms. The van der Waals surface area contributed by atoms with Crippen molar-refractivity contribution in [3.05, 3.63) is 74.3 Å². The Balaban J connectivity index is 1.49. The van der Waals surface area contributed by atoms with E-state index in [1.54, 1.807) is 24.3 Å². The molecule has 2 aromatic rings. The first-order valence-electron chi connectivity index (χ1n) is 8.95. The number of halogens is 1. The molecule has 146 valence electrons. The van der Waals surface area contributed by atoms with E-state index in [1.165, 1.54) is 23.1 Å². The number of rotatable bonds is 8. The molecular formula is C20H20ClN3O4. The second kappa shape index (κ2) is 8.50. The molecule has 8 heteroatoms. The van der Waals surface area contributed by atoms with Gasteiger partial charge in [0.1, 0.15) is 0 Å². The predicted octanol–water partition coefficient (Wildman–Crippen LogP) is 3.76. The number of benzene rings is 2. The molecule has 1 heterocycles. The number of nitro groups is 1. The molecule has 1 aliphatic heterocycles. The van der Waals surface area contributed by atoms with E-state index in [0.717, 1.165) is 6.42 Å². The Labute approximate surface area is 167 Å². The number of unbranched alkanes of at least 4 members (excludes halogenated alkanes) is 1. The van der Waals surface area contributed by atoms with Crippen LogP contribution in [-0.2, 0) is 6.54 Å². The Bertz CT molecular complexity index is 896. The van der Waals surface area contributed by atoms with Crippen molar-refractivity contribution in [1.29, 1.82) is 0 Å². The van der Waals surface area contributed by atoms with Crippen LogP contribution in [0.1, 0.15) is 39.1 Å². The zero-order valence-electron chi connectivity index (χ0n) is 15.4. The average Bonchev–Trinajstić information content (AvgIpc) is 2.91. The average molecular weight is 402 g/mol. The van der Waals surface area contributed by atoms with Gasteiger partial charge in [-0.25, -0.2) is 0 Å². The Hall–Kier alpha value is -2.77. The van der Waals surface area contributed by atoms with Gasteiger partial charge in [0.05, 0.1) is 16.1 Å². The van der Waals surface area contributed by atoms with E-state index in [1.807, 2.05) is 11.9 Å². The highest BCUT2D eigenvalue weighted by molar-refractivity contribution is 6.31. The third-order valence-corrected chi connectivity index (χ3v) is 5.10. The minimum Gasteiger partial charge on any atom is -0.302 e. The number of carbonyl (C=O) groups excluding carboxylic acids is 2. The zero-order chi connectivity index (χ0) is 20.3. The van der Waals surface area contributed by atoms with Crippen LogP contribution in [0.15, 0.2) is 42.5 Å². The van der Waals surface area contributed by atoms with Crippen LogP contribution >= 0.6 is 11.6 Å². The fourth-order valence-corrected chi connectivity index (χ4v) is 3.44. The number of nitrogens with zero attached hydrogens (tertiary/aromatic N) is 3. The summed E-state index contributed by atoms with van der Waals surface area (Å²) in [7, 11) is 1.90. The first kappa shape index (κ1) is 20.0. The third kappa shape index (κ3) is 4.21. The van der Waals surface area contributed by atoms with Crippen LogP contribution in [0.2, 0.25) is 5.02 Å². The quantitative estimate of drug-likeness (QED) is 0.291. The summed E-state index contributed by atoms with van der Waals surface area (Å²) in [5, 5.41) is 11.4. The monoisotopic (exact) mass is 401 g/mol. The lowest BCUT2D eigenvalue weighted by Gasteiger charge is -2.18. The van der Waals surface area contributed by atoms with Crippen LogP contribution < -0.4 is 0 Å². The van der Waals surface area contributed by atoms with Crippen LogP contribution in [0.25, 0.3) is 0 Å². The number of hydrogen-bond donors (Lipinski definition) is 0. The van der Waals surface area contributed by atoms with Crippen molar-refractivity contribution in [2.45, 2.75) is 19.4 Å². The Morgan fingerprint density at radius 2 is 1.71 bits per heavy atom. The summed E-state index contributed by atoms with van der Waals surface area (Å²) < 4.78 is 0. The molecule has 0 spiro atoms. The van der Waals surface area contributed by atoms with Crippen molar-refractivity contribution < 1.29 is 14.5 Å². The van der Waals surface area contributed by atoms with Gasteiger partial charge in [0.25, 0.3) is 17.5 Å². The molecule has 7 nitrogen and oxygen atoms in total. The summed E-state index contributed by atoms with van der Waals surface area (Å²) in [5.74, 6) is -0.477. The minimum absolute atomic E-state index is 0.0124. The number of fused-ring (bicyclic) bond motifs is 1. The molecule has 3 rings (SSSR count). The summed E-state index contributed by atoms with van der Waals surface area (Å²) in [6, 6.07) is 11.2. The SMILES string of the molecule is CN(CCCCN1C(=O)c2ccccc2C1=O)Cc1cc([N+](=O)[O-])ccc1Cl. The fourth-order valence-electron chi connectivity index (χ4n) is 3.26. The molecule has 0 radical (unpaired) electrons. The Morgan fingerprint density at radius 1 is 1.07 bits per heavy atom. The highest BCUT2D eigenvalue weighted by Crippen LogP contribution is 2.24. The standard InChI is InChI=1S/C20H20ClN3O4/c1-22(13-14-12-15(24(27)28)8-9-18(14)21)10-4-5-11-23-19(25)16-6-2-3-7-17(16)20(23)26/h2-3,6-9,12H,4-5,10-11,13H2,1H3. The minimum atomic E-state index is -0.443. The number of non-ortho nitro benzene ring substituents is 1. The maximum absolute atomic E-state index is 12.3. The molecule has 2 amide bonds. The number of carbonyl (C=O) groups is 2. The Morgan fingerprint density at radius 3 is 2.32 bits per heavy atom. The summed E-state index contributed by atoms with van der Waals surface area (Å²) in [6.45, 7) is 1.56. The molecule has 0 saturated heterocycles. The molecule has 28 heavy (non-hydrogen) atoms. The van der Waals surface area contributed by atoms with E-state index >= 15 is 0 Å². The molecule has 0 fully saturated rings. The van der Waals surface area contributed by atoms with E-state index in [2.05, 4.69) is 0 Å². The van der Waals surface area contributed by atoms with Crippen LogP contribution in [0, 0.1) is 10.1 Å². The molecule has 2 aromatic carbocycles. The summed E-state index contributed by atoms with van der Waals surface area (Å²) in [4.78, 5) is 38.4. The second-order valence-electron chi connectivity index (χ2n) is 6.79. The molecule has 0 saturated carbocycles. The lowest BCUT2D eigenvalue weighted by atomic mass is 10.1. The second-order valence-corrected chi connectivity index (χ2v) is 7.19. The number of amides is 2. The lowest BCUT2D eigenvalue weighted by Crippen LogP contribution is -2.31. The number of hydrogen-bond acceptors (Lipinski definition) is 5. The first-order valence-corrected chi connectivity index (χ1v) is 9.33. The van der Waals surface area contributed by atoms with Crippen LogP contribution in [0.3, 0.4) is 0 Å². The van der Waals surface area contributed by atoms with E-state index in [-0.39, 0.29) is 17.5 Å². The first-order chi connectivity index (χ1) is 13.4. The Kier molecular flexibility index (Phi) is 6.06. The van der Waals surface area contributed by atoms with Crippen LogP contribution in [-0.4, -0.2) is 46.7 Å². The van der Waals surface area contributed by atoms with Gasteiger partial charge in [0.2, 0.25) is 0 Å². The zero-order valence-corrected chi connectivity index (χ0v) is 16.2. The van der Waals surface area contributed by atoms with E-state index in [9.17, 15) is 19.7 Å². The maximum atomic E-state index is 12.3. The van der Waals surface area contributed by atoms with Crippen LogP contribution in [0.4, 0.5) is 5.69 Å². The van der Waals surface area contributed by atoms with Gasteiger partial charge in [-0.05, 0) is 50.2 Å².